The molecule has 0 unspecified atom stereocenters. The van der Waals surface area contributed by atoms with Crippen molar-refractivity contribution in [3.8, 4) is 11.8 Å². The van der Waals surface area contributed by atoms with Gasteiger partial charge in [0.05, 0.1) is 0 Å². The molecule has 2 aromatic rings. The number of nitrogens with zero attached hydrogens (tertiary/aromatic N) is 1. The second kappa shape index (κ2) is 4.60. The molecule has 2 rings (SSSR count). The van der Waals surface area contributed by atoms with Gasteiger partial charge < -0.3 is 10.8 Å². The zero-order chi connectivity index (χ0) is 13.1. The molecule has 0 fully saturated rings. The van der Waals surface area contributed by atoms with Gasteiger partial charge in [0.15, 0.2) is 0 Å². The van der Waals surface area contributed by atoms with E-state index in [0.717, 1.165) is 10.8 Å². The first kappa shape index (κ1) is 11.7. The van der Waals surface area contributed by atoms with Crippen molar-refractivity contribution in [1.82, 2.24) is 0 Å². The Labute approximate surface area is 104 Å². The lowest BCUT2D eigenvalue weighted by Crippen LogP contribution is -2.12. The van der Waals surface area contributed by atoms with Crippen LogP contribution in [0.2, 0.25) is 0 Å². The number of hydrogen-bond donors (Lipinski definition) is 2. The lowest BCUT2D eigenvalue weighted by Gasteiger charge is -2.05. The molecule has 0 heterocycles. The maximum absolute atomic E-state index is 11.0. The molecule has 4 heteroatoms. The van der Waals surface area contributed by atoms with E-state index in [9.17, 15) is 9.90 Å². The molecule has 0 atom stereocenters. The van der Waals surface area contributed by atoms with Gasteiger partial charge in [0.2, 0.25) is 0 Å². The molecule has 1 amide bonds. The van der Waals surface area contributed by atoms with Crippen LogP contribution in [0.1, 0.15) is 5.56 Å². The summed E-state index contributed by atoms with van der Waals surface area (Å²) >= 11 is 0. The summed E-state index contributed by atoms with van der Waals surface area (Å²) in [6, 6.07) is 12.4. The number of nitriles is 1. The largest absolute Gasteiger partial charge is 0.507 e. The zero-order valence-corrected chi connectivity index (χ0v) is 9.42. The monoisotopic (exact) mass is 238 g/mol. The van der Waals surface area contributed by atoms with Crippen LogP contribution in [0.5, 0.6) is 5.75 Å². The number of amides is 1. The van der Waals surface area contributed by atoms with E-state index in [1.54, 1.807) is 18.2 Å². The zero-order valence-electron chi connectivity index (χ0n) is 9.42. The summed E-state index contributed by atoms with van der Waals surface area (Å²) in [7, 11) is 0. The van der Waals surface area contributed by atoms with Crippen molar-refractivity contribution in [2.24, 2.45) is 5.73 Å². The SMILES string of the molecule is N#C/C(=C\c1c(O)ccc2ccccc12)C(N)=O. The van der Waals surface area contributed by atoms with Crippen molar-refractivity contribution in [2.75, 3.05) is 0 Å². The molecule has 2 aromatic carbocycles. The quantitative estimate of drug-likeness (QED) is 0.619. The van der Waals surface area contributed by atoms with Gasteiger partial charge in [-0.05, 0) is 22.9 Å². The number of fused-ring (bicyclic) bond motifs is 1. The molecule has 0 aromatic heterocycles. The molecule has 3 N–H and O–H groups in total. The molecule has 0 bridgehead atoms. The highest BCUT2D eigenvalue weighted by Crippen LogP contribution is 2.29. The summed E-state index contributed by atoms with van der Waals surface area (Å²) in [5, 5.41) is 20.3. The smallest absolute Gasteiger partial charge is 0.259 e. The molecular weight excluding hydrogens is 228 g/mol. The van der Waals surface area contributed by atoms with Crippen LogP contribution in [0.25, 0.3) is 16.8 Å². The van der Waals surface area contributed by atoms with Crippen LogP contribution in [-0.4, -0.2) is 11.0 Å². The number of phenols is 1. The van der Waals surface area contributed by atoms with Crippen molar-refractivity contribution in [3.05, 3.63) is 47.5 Å². The molecule has 0 radical (unpaired) electrons. The average molecular weight is 238 g/mol. The molecule has 0 spiro atoms. The van der Waals surface area contributed by atoms with E-state index in [-0.39, 0.29) is 11.3 Å². The Bertz CT molecular complexity index is 696. The predicted molar refractivity (Wildman–Crippen MR) is 68.4 cm³/mol. The Morgan fingerprint density at radius 3 is 2.67 bits per heavy atom. The van der Waals surface area contributed by atoms with E-state index >= 15 is 0 Å². The van der Waals surface area contributed by atoms with Gasteiger partial charge in [-0.3, -0.25) is 4.79 Å². The molecule has 4 nitrogen and oxygen atoms in total. The number of rotatable bonds is 2. The van der Waals surface area contributed by atoms with Gasteiger partial charge in [-0.25, -0.2) is 0 Å². The Morgan fingerprint density at radius 2 is 2.00 bits per heavy atom. The highest BCUT2D eigenvalue weighted by Gasteiger charge is 2.09. The highest BCUT2D eigenvalue weighted by molar-refractivity contribution is 6.04. The van der Waals surface area contributed by atoms with E-state index < -0.39 is 5.91 Å². The Hall–Kier alpha value is -2.80. The summed E-state index contributed by atoms with van der Waals surface area (Å²) in [4.78, 5) is 11.0. The van der Waals surface area contributed by atoms with Gasteiger partial charge in [0.25, 0.3) is 5.91 Å². The lowest BCUT2D eigenvalue weighted by atomic mass is 10.0. The Morgan fingerprint density at radius 1 is 1.28 bits per heavy atom. The minimum Gasteiger partial charge on any atom is -0.507 e. The fourth-order valence-corrected chi connectivity index (χ4v) is 1.74. The van der Waals surface area contributed by atoms with E-state index in [1.807, 2.05) is 18.2 Å². The molecule has 0 aliphatic carbocycles. The number of benzene rings is 2. The summed E-state index contributed by atoms with van der Waals surface area (Å²) < 4.78 is 0. The normalized spacial score (nSPS) is 11.2. The second-order valence-electron chi connectivity index (χ2n) is 3.75. The first-order chi connectivity index (χ1) is 8.63. The van der Waals surface area contributed by atoms with Crippen molar-refractivity contribution >= 4 is 22.8 Å². The number of primary amides is 1. The summed E-state index contributed by atoms with van der Waals surface area (Å²) in [5.41, 5.74) is 5.30. The van der Waals surface area contributed by atoms with Crippen LogP contribution in [-0.2, 0) is 4.79 Å². The number of nitrogens with two attached hydrogens (primary N) is 1. The van der Waals surface area contributed by atoms with Crippen molar-refractivity contribution in [1.29, 1.82) is 5.26 Å². The van der Waals surface area contributed by atoms with Gasteiger partial charge in [-0.1, -0.05) is 30.3 Å². The average Bonchev–Trinajstić information content (AvgIpc) is 2.37. The van der Waals surface area contributed by atoms with Crippen molar-refractivity contribution < 1.29 is 9.90 Å². The molecular formula is C14H10N2O2. The molecule has 0 aliphatic rings. The standard InChI is InChI=1S/C14H10N2O2/c15-8-10(14(16)18)7-12-11-4-2-1-3-9(11)5-6-13(12)17/h1-7,17H,(H2,16,18)/b10-7+. The fraction of sp³-hybridized carbons (Fsp3) is 0. The summed E-state index contributed by atoms with van der Waals surface area (Å²) in [6.07, 6.45) is 1.31. The number of phenolic OH excluding ortho intramolecular Hbond substituents is 1. The number of aromatic hydroxyl groups is 1. The fourth-order valence-electron chi connectivity index (χ4n) is 1.74. The molecule has 88 valence electrons. The minimum atomic E-state index is -0.815. The molecule has 18 heavy (non-hydrogen) atoms. The summed E-state index contributed by atoms with van der Waals surface area (Å²) in [5.74, 6) is -0.812. The summed E-state index contributed by atoms with van der Waals surface area (Å²) in [6.45, 7) is 0. The lowest BCUT2D eigenvalue weighted by molar-refractivity contribution is -0.114. The van der Waals surface area contributed by atoms with Crippen molar-refractivity contribution in [3.63, 3.8) is 0 Å². The second-order valence-corrected chi connectivity index (χ2v) is 3.75. The predicted octanol–water partition coefficient (Wildman–Crippen LogP) is 1.94. The maximum Gasteiger partial charge on any atom is 0.259 e. The van der Waals surface area contributed by atoms with Crippen LogP contribution in [0, 0.1) is 11.3 Å². The number of carbonyl (C=O) groups is 1. The van der Waals surface area contributed by atoms with E-state index in [4.69, 9.17) is 11.0 Å². The molecule has 0 saturated carbocycles. The Balaban J connectivity index is 2.75. The van der Waals surface area contributed by atoms with Gasteiger partial charge in [-0.15, -0.1) is 0 Å². The first-order valence-corrected chi connectivity index (χ1v) is 5.26. The van der Waals surface area contributed by atoms with E-state index in [0.29, 0.717) is 5.56 Å². The molecule has 0 aliphatic heterocycles. The van der Waals surface area contributed by atoms with Gasteiger partial charge in [-0.2, -0.15) is 5.26 Å². The minimum absolute atomic E-state index is 0.00250. The van der Waals surface area contributed by atoms with Gasteiger partial charge in [0.1, 0.15) is 17.4 Å². The van der Waals surface area contributed by atoms with Crippen LogP contribution in [0.3, 0.4) is 0 Å². The van der Waals surface area contributed by atoms with E-state index in [1.165, 1.54) is 12.1 Å². The van der Waals surface area contributed by atoms with Crippen LogP contribution >= 0.6 is 0 Å². The van der Waals surface area contributed by atoms with E-state index in [2.05, 4.69) is 0 Å². The number of hydrogen-bond acceptors (Lipinski definition) is 3. The van der Waals surface area contributed by atoms with Crippen molar-refractivity contribution in [2.45, 2.75) is 0 Å². The Kier molecular flexibility index (Phi) is 2.98. The van der Waals surface area contributed by atoms with Crippen LogP contribution in [0.15, 0.2) is 42.0 Å². The van der Waals surface area contributed by atoms with Gasteiger partial charge >= 0.3 is 0 Å². The highest BCUT2D eigenvalue weighted by atomic mass is 16.3. The first-order valence-electron chi connectivity index (χ1n) is 5.26. The topological polar surface area (TPSA) is 87.1 Å². The third-order valence-corrected chi connectivity index (χ3v) is 2.62. The third-order valence-electron chi connectivity index (χ3n) is 2.62. The van der Waals surface area contributed by atoms with Crippen LogP contribution in [0.4, 0.5) is 0 Å². The molecule has 0 saturated heterocycles. The van der Waals surface area contributed by atoms with Gasteiger partial charge in [0, 0.05) is 5.56 Å². The van der Waals surface area contributed by atoms with Crippen LogP contribution < -0.4 is 5.73 Å². The number of carbonyl (C=O) groups excluding carboxylic acids is 1. The third kappa shape index (κ3) is 2.02. The maximum atomic E-state index is 11.0.